The molecule has 1 N–H and O–H groups in total. The summed E-state index contributed by atoms with van der Waals surface area (Å²) >= 11 is 7.76. The van der Waals surface area contributed by atoms with Crippen molar-refractivity contribution in [2.75, 3.05) is 5.75 Å². The maximum Gasteiger partial charge on any atom is 0.276 e. The third-order valence-electron chi connectivity index (χ3n) is 5.21. The number of hydrazone groups is 1. The number of para-hydroxylation sites is 1. The Balaban J connectivity index is 1.65. The van der Waals surface area contributed by atoms with Crippen LogP contribution in [0.5, 0.6) is 0 Å². The first-order valence-electron chi connectivity index (χ1n) is 9.91. The number of nitrogens with zero attached hydrogens (tertiary/aromatic N) is 3. The second kappa shape index (κ2) is 7.90. The summed E-state index contributed by atoms with van der Waals surface area (Å²) in [4.78, 5) is 17.9. The number of carbonyl (C=O) groups is 1. The zero-order valence-corrected chi connectivity index (χ0v) is 18.5. The van der Waals surface area contributed by atoms with Crippen LogP contribution in [0.2, 0.25) is 5.02 Å². The lowest BCUT2D eigenvalue weighted by Gasteiger charge is -2.32. The van der Waals surface area contributed by atoms with E-state index in [2.05, 4.69) is 10.4 Å². The smallest absolute Gasteiger partial charge is 0.276 e. The molecule has 8 heteroatoms. The second-order valence-electron chi connectivity index (χ2n) is 7.12. The van der Waals surface area contributed by atoms with Crippen LogP contribution in [0.1, 0.15) is 24.4 Å². The van der Waals surface area contributed by atoms with Gasteiger partial charge in [-0.25, -0.2) is 10.0 Å². The molecule has 156 valence electrons. The Morgan fingerprint density at radius 1 is 1.16 bits per heavy atom. The third-order valence-corrected chi connectivity index (χ3v) is 6.37. The molecule has 3 heterocycles. The fourth-order valence-electron chi connectivity index (χ4n) is 3.73. The molecule has 2 aromatic carbocycles. The Hall–Kier alpha value is -3.03. The molecule has 0 radical (unpaired) electrons. The van der Waals surface area contributed by atoms with Gasteiger partial charge in [-0.2, -0.15) is 0 Å². The van der Waals surface area contributed by atoms with Gasteiger partial charge < -0.3 is 4.42 Å². The van der Waals surface area contributed by atoms with Crippen molar-refractivity contribution in [1.29, 1.82) is 0 Å². The molecule has 1 aromatic heterocycles. The average molecular weight is 451 g/mol. The zero-order chi connectivity index (χ0) is 21.5. The lowest BCUT2D eigenvalue weighted by molar-refractivity contribution is -0.116. The number of fused-ring (bicyclic) bond motifs is 2. The third kappa shape index (κ3) is 3.43. The monoisotopic (exact) mass is 450 g/mol. The summed E-state index contributed by atoms with van der Waals surface area (Å²) in [5, 5.41) is 11.9. The second-order valence-corrected chi connectivity index (χ2v) is 8.78. The standard InChI is InChI=1S/C23H19ClN4O2S/c1-3-31-23-26-22(29)20-15-7-4-5-10-17(15)25-21(28(20)27-23)19-12-11-18(30-19)14-8-6-9-16(24)13(14)2/h4-12,21H,3H2,1-2H3,(H,26,27,29)/t21-/m0/s1. The normalized spacial score (nSPS) is 17.5. The highest BCUT2D eigenvalue weighted by Crippen LogP contribution is 2.35. The minimum Gasteiger partial charge on any atom is -0.457 e. The van der Waals surface area contributed by atoms with Crippen molar-refractivity contribution >= 4 is 40.1 Å². The SMILES string of the molecule is CCSC1=NN2C(=c3ccccc3=N[C@@H]2c2ccc(-c3cccc(Cl)c3C)o2)C(=O)N1. The summed E-state index contributed by atoms with van der Waals surface area (Å²) in [6.45, 7) is 3.97. The van der Waals surface area contributed by atoms with Crippen LogP contribution in [-0.2, 0) is 4.79 Å². The van der Waals surface area contributed by atoms with Crippen molar-refractivity contribution in [2.24, 2.45) is 10.1 Å². The van der Waals surface area contributed by atoms with Crippen molar-refractivity contribution in [1.82, 2.24) is 10.3 Å². The van der Waals surface area contributed by atoms with E-state index >= 15 is 0 Å². The van der Waals surface area contributed by atoms with Crippen LogP contribution in [0.3, 0.4) is 0 Å². The van der Waals surface area contributed by atoms with Crippen molar-refractivity contribution in [3.63, 3.8) is 0 Å². The van der Waals surface area contributed by atoms with Gasteiger partial charge in [-0.1, -0.05) is 60.6 Å². The number of amides is 1. The largest absolute Gasteiger partial charge is 0.457 e. The molecule has 0 bridgehead atoms. The van der Waals surface area contributed by atoms with Gasteiger partial charge in [-0.05, 0) is 42.5 Å². The Morgan fingerprint density at radius 3 is 2.84 bits per heavy atom. The summed E-state index contributed by atoms with van der Waals surface area (Å²) in [7, 11) is 0. The average Bonchev–Trinajstić information content (AvgIpc) is 3.25. The molecule has 6 nitrogen and oxygen atoms in total. The van der Waals surface area contributed by atoms with Gasteiger partial charge in [0.1, 0.15) is 11.5 Å². The molecule has 5 rings (SSSR count). The van der Waals surface area contributed by atoms with E-state index in [1.807, 2.05) is 68.4 Å². The summed E-state index contributed by atoms with van der Waals surface area (Å²) in [6, 6.07) is 17.1. The van der Waals surface area contributed by atoms with E-state index in [-0.39, 0.29) is 5.91 Å². The van der Waals surface area contributed by atoms with Gasteiger partial charge in [-0.3, -0.25) is 10.1 Å². The molecular formula is C23H19ClN4O2S. The van der Waals surface area contributed by atoms with Crippen LogP contribution < -0.4 is 15.9 Å². The van der Waals surface area contributed by atoms with Gasteiger partial charge in [0.15, 0.2) is 10.9 Å². The van der Waals surface area contributed by atoms with Crippen LogP contribution in [0.4, 0.5) is 0 Å². The fourth-order valence-corrected chi connectivity index (χ4v) is 4.48. The van der Waals surface area contributed by atoms with Gasteiger partial charge in [0.25, 0.3) is 5.91 Å². The molecule has 0 aliphatic carbocycles. The molecule has 0 saturated carbocycles. The predicted octanol–water partition coefficient (Wildman–Crippen LogP) is 3.80. The molecule has 0 fully saturated rings. The van der Waals surface area contributed by atoms with E-state index in [1.54, 1.807) is 5.01 Å². The lowest BCUT2D eigenvalue weighted by Crippen LogP contribution is -2.50. The molecule has 2 aliphatic rings. The molecule has 0 spiro atoms. The first kappa shape index (κ1) is 19.9. The molecule has 1 amide bonds. The Morgan fingerprint density at radius 2 is 2.00 bits per heavy atom. The number of rotatable bonds is 3. The first-order valence-corrected chi connectivity index (χ1v) is 11.3. The van der Waals surface area contributed by atoms with Crippen LogP contribution in [0, 0.1) is 6.92 Å². The van der Waals surface area contributed by atoms with Crippen LogP contribution in [-0.4, -0.2) is 21.8 Å². The van der Waals surface area contributed by atoms with E-state index in [9.17, 15) is 4.79 Å². The van der Waals surface area contributed by atoms with Crippen LogP contribution >= 0.6 is 23.4 Å². The minimum absolute atomic E-state index is 0.198. The van der Waals surface area contributed by atoms with Gasteiger partial charge in [0.05, 0.1) is 5.36 Å². The predicted molar refractivity (Wildman–Crippen MR) is 123 cm³/mol. The number of amidine groups is 1. The lowest BCUT2D eigenvalue weighted by atomic mass is 10.1. The highest BCUT2D eigenvalue weighted by atomic mass is 35.5. The van der Waals surface area contributed by atoms with Crippen molar-refractivity contribution in [3.8, 4) is 11.3 Å². The quantitative estimate of drug-likeness (QED) is 0.658. The maximum atomic E-state index is 13.0. The number of halogens is 1. The minimum atomic E-state index is -0.586. The molecule has 31 heavy (non-hydrogen) atoms. The number of thioether (sulfide) groups is 1. The number of nitrogens with one attached hydrogen (secondary N) is 1. The number of benzene rings is 2. The van der Waals surface area contributed by atoms with Crippen molar-refractivity contribution < 1.29 is 9.21 Å². The fraction of sp³-hybridized carbons (Fsp3) is 0.174. The molecule has 2 aliphatic heterocycles. The number of hydrogen-bond acceptors (Lipinski definition) is 6. The van der Waals surface area contributed by atoms with Crippen LogP contribution in [0.25, 0.3) is 17.0 Å². The first-order chi connectivity index (χ1) is 15.1. The van der Waals surface area contributed by atoms with E-state index < -0.39 is 6.17 Å². The summed E-state index contributed by atoms with van der Waals surface area (Å²) in [6.07, 6.45) is -0.586. The Kier molecular flexibility index (Phi) is 5.08. The molecular weight excluding hydrogens is 432 g/mol. The van der Waals surface area contributed by atoms with E-state index in [0.29, 0.717) is 27.4 Å². The number of hydrogen-bond donors (Lipinski definition) is 1. The Bertz CT molecular complexity index is 1350. The van der Waals surface area contributed by atoms with Gasteiger partial charge in [0.2, 0.25) is 6.17 Å². The van der Waals surface area contributed by atoms with Crippen LogP contribution in [0.15, 0.2) is 69.1 Å². The summed E-state index contributed by atoms with van der Waals surface area (Å²) in [5.41, 5.74) is 2.33. The molecule has 3 aromatic rings. The van der Waals surface area contributed by atoms with Gasteiger partial charge in [-0.15, -0.1) is 5.10 Å². The number of furan rings is 1. The van der Waals surface area contributed by atoms with E-state index in [4.69, 9.17) is 21.0 Å². The van der Waals surface area contributed by atoms with Gasteiger partial charge >= 0.3 is 0 Å². The van der Waals surface area contributed by atoms with Crippen molar-refractivity contribution in [2.45, 2.75) is 20.0 Å². The van der Waals surface area contributed by atoms with E-state index in [0.717, 1.165) is 27.5 Å². The molecule has 1 atom stereocenters. The highest BCUT2D eigenvalue weighted by Gasteiger charge is 2.35. The zero-order valence-electron chi connectivity index (χ0n) is 16.9. The summed E-state index contributed by atoms with van der Waals surface area (Å²) in [5.74, 6) is 1.88. The van der Waals surface area contributed by atoms with Gasteiger partial charge in [0, 0.05) is 15.8 Å². The molecule has 0 saturated heterocycles. The molecule has 0 unspecified atom stereocenters. The maximum absolute atomic E-state index is 13.0. The number of carbonyl (C=O) groups excluding carboxylic acids is 1. The van der Waals surface area contributed by atoms with Crippen molar-refractivity contribution in [3.05, 3.63) is 81.5 Å². The topological polar surface area (TPSA) is 70.2 Å². The summed E-state index contributed by atoms with van der Waals surface area (Å²) < 4.78 is 6.22. The van der Waals surface area contributed by atoms with E-state index in [1.165, 1.54) is 11.8 Å². The Labute approximate surface area is 188 Å². The highest BCUT2D eigenvalue weighted by molar-refractivity contribution is 8.13.